The van der Waals surface area contributed by atoms with Gasteiger partial charge in [-0.25, -0.2) is 0 Å². The lowest BCUT2D eigenvalue weighted by atomic mass is 9.97. The topological polar surface area (TPSA) is 31.2 Å². The number of para-hydroxylation sites is 1. The minimum atomic E-state index is 0.0416. The Morgan fingerprint density at radius 1 is 1.33 bits per heavy atom. The normalized spacial score (nSPS) is 12.7. The summed E-state index contributed by atoms with van der Waals surface area (Å²) in [5, 5.41) is 0.998. The summed E-state index contributed by atoms with van der Waals surface area (Å²) in [5.74, 6) is 0.923. The third-order valence-corrected chi connectivity index (χ3v) is 3.60. The third kappa shape index (κ3) is 1.80. The molecule has 0 saturated carbocycles. The second-order valence-corrected chi connectivity index (χ2v) is 4.64. The van der Waals surface area contributed by atoms with Crippen LogP contribution >= 0.6 is 0 Å². The molecule has 1 heterocycles. The Labute approximate surface area is 107 Å². The maximum Gasteiger partial charge on any atom is 0.257 e. The Bertz CT molecular complexity index is 628. The molecule has 0 aliphatic rings. The average molecular weight is 245 g/mol. The van der Waals surface area contributed by atoms with Crippen LogP contribution in [-0.4, -0.2) is 11.7 Å². The van der Waals surface area contributed by atoms with E-state index >= 15 is 0 Å². The number of rotatable bonds is 3. The molecule has 1 atom stereocenters. The molecule has 0 amide bonds. The summed E-state index contributed by atoms with van der Waals surface area (Å²) in [5.41, 5.74) is 1.73. The van der Waals surface area contributed by atoms with Crippen LogP contribution in [0.4, 0.5) is 0 Å². The van der Waals surface area contributed by atoms with Gasteiger partial charge in [0.15, 0.2) is 0 Å². The minimum absolute atomic E-state index is 0.0416. The number of methoxy groups -OCH3 is 1. The van der Waals surface area contributed by atoms with Crippen molar-refractivity contribution in [3.8, 4) is 5.75 Å². The van der Waals surface area contributed by atoms with E-state index in [1.54, 1.807) is 11.7 Å². The van der Waals surface area contributed by atoms with E-state index in [0.717, 1.165) is 28.6 Å². The first-order chi connectivity index (χ1) is 8.61. The number of nitrogens with zero attached hydrogens (tertiary/aromatic N) is 1. The Hall–Kier alpha value is -1.77. The Morgan fingerprint density at radius 2 is 2.00 bits per heavy atom. The number of pyridine rings is 1. The van der Waals surface area contributed by atoms with Crippen LogP contribution in [0, 0.1) is 0 Å². The van der Waals surface area contributed by atoms with E-state index < -0.39 is 0 Å². The molecular weight excluding hydrogens is 226 g/mol. The van der Waals surface area contributed by atoms with Gasteiger partial charge in [-0.05, 0) is 24.5 Å². The smallest absolute Gasteiger partial charge is 0.257 e. The van der Waals surface area contributed by atoms with Gasteiger partial charge in [0.2, 0.25) is 0 Å². The highest BCUT2D eigenvalue weighted by Crippen LogP contribution is 2.32. The molecule has 1 aromatic carbocycles. The first-order valence-corrected chi connectivity index (χ1v) is 6.27. The van der Waals surface area contributed by atoms with Crippen molar-refractivity contribution in [3.63, 3.8) is 0 Å². The number of fused-ring (bicyclic) bond motifs is 1. The van der Waals surface area contributed by atoms with E-state index in [9.17, 15) is 4.79 Å². The maximum atomic E-state index is 12.4. The zero-order valence-electron chi connectivity index (χ0n) is 11.4. The Balaban J connectivity index is 2.94. The summed E-state index contributed by atoms with van der Waals surface area (Å²) in [6, 6.07) is 7.85. The number of hydrogen-bond donors (Lipinski definition) is 0. The summed E-state index contributed by atoms with van der Waals surface area (Å²) < 4.78 is 7.21. The second kappa shape index (κ2) is 4.84. The van der Waals surface area contributed by atoms with Crippen molar-refractivity contribution in [2.24, 2.45) is 7.05 Å². The van der Waals surface area contributed by atoms with E-state index in [1.807, 2.05) is 31.3 Å². The summed E-state index contributed by atoms with van der Waals surface area (Å²) in [6.45, 7) is 4.15. The zero-order chi connectivity index (χ0) is 13.3. The molecule has 0 fully saturated rings. The predicted octanol–water partition coefficient (Wildman–Crippen LogP) is 3.06. The van der Waals surface area contributed by atoms with E-state index in [-0.39, 0.29) is 11.5 Å². The van der Waals surface area contributed by atoms with Crippen LogP contribution in [0.2, 0.25) is 0 Å². The van der Waals surface area contributed by atoms with Crippen molar-refractivity contribution in [2.45, 2.75) is 26.2 Å². The van der Waals surface area contributed by atoms with Gasteiger partial charge in [-0.1, -0.05) is 26.0 Å². The van der Waals surface area contributed by atoms with Gasteiger partial charge in [0.25, 0.3) is 5.56 Å². The van der Waals surface area contributed by atoms with Crippen LogP contribution in [-0.2, 0) is 7.05 Å². The molecule has 0 aliphatic carbocycles. The molecule has 3 heteroatoms. The fraction of sp³-hybridized carbons (Fsp3) is 0.400. The van der Waals surface area contributed by atoms with E-state index in [1.165, 1.54) is 0 Å². The Kier molecular flexibility index (Phi) is 3.41. The molecule has 0 radical (unpaired) electrons. The van der Waals surface area contributed by atoms with E-state index in [4.69, 9.17) is 4.74 Å². The Morgan fingerprint density at radius 3 is 2.61 bits per heavy atom. The molecule has 0 spiro atoms. The molecule has 0 bridgehead atoms. The highest BCUT2D eigenvalue weighted by molar-refractivity contribution is 5.86. The van der Waals surface area contributed by atoms with Gasteiger partial charge in [0.1, 0.15) is 5.75 Å². The molecular formula is C15H19NO2. The van der Waals surface area contributed by atoms with Gasteiger partial charge < -0.3 is 9.30 Å². The van der Waals surface area contributed by atoms with Gasteiger partial charge in [-0.3, -0.25) is 4.79 Å². The van der Waals surface area contributed by atoms with Gasteiger partial charge >= 0.3 is 0 Å². The monoisotopic (exact) mass is 245 g/mol. The first kappa shape index (κ1) is 12.7. The second-order valence-electron chi connectivity index (χ2n) is 4.64. The number of benzene rings is 1. The van der Waals surface area contributed by atoms with Crippen LogP contribution in [0.3, 0.4) is 0 Å². The molecule has 1 aromatic heterocycles. The highest BCUT2D eigenvalue weighted by atomic mass is 16.5. The van der Waals surface area contributed by atoms with Crippen molar-refractivity contribution in [2.75, 3.05) is 7.11 Å². The lowest BCUT2D eigenvalue weighted by molar-refractivity contribution is 0.408. The molecule has 0 N–H and O–H groups in total. The lowest BCUT2D eigenvalue weighted by Gasteiger charge is -2.17. The quantitative estimate of drug-likeness (QED) is 0.832. The number of aryl methyl sites for hydroxylation is 1. The molecule has 2 aromatic rings. The van der Waals surface area contributed by atoms with Gasteiger partial charge in [0, 0.05) is 12.4 Å². The third-order valence-electron chi connectivity index (χ3n) is 3.60. The molecule has 2 rings (SSSR count). The molecule has 0 saturated heterocycles. The van der Waals surface area contributed by atoms with Crippen molar-refractivity contribution in [1.82, 2.24) is 4.57 Å². The summed E-state index contributed by atoms with van der Waals surface area (Å²) in [7, 11) is 3.45. The van der Waals surface area contributed by atoms with E-state index in [0.29, 0.717) is 0 Å². The van der Waals surface area contributed by atoms with E-state index in [2.05, 4.69) is 13.8 Å². The minimum Gasteiger partial charge on any atom is -0.496 e. The van der Waals surface area contributed by atoms with Gasteiger partial charge in [0.05, 0.1) is 18.2 Å². The molecule has 3 nitrogen and oxygen atoms in total. The standard InChI is InChI=1S/C15H19NO2/c1-5-10(2)13-14(18-4)11-8-6-7-9-12(11)16(3)15(13)17/h6-10H,5H2,1-4H3. The summed E-state index contributed by atoms with van der Waals surface area (Å²) in [4.78, 5) is 12.4. The fourth-order valence-corrected chi connectivity index (χ4v) is 2.35. The SMILES string of the molecule is CCC(C)c1c(OC)c2ccccc2n(C)c1=O. The van der Waals surface area contributed by atoms with Crippen molar-refractivity contribution < 1.29 is 4.74 Å². The van der Waals surface area contributed by atoms with Crippen LogP contribution in [0.5, 0.6) is 5.75 Å². The van der Waals surface area contributed by atoms with Crippen molar-refractivity contribution in [1.29, 1.82) is 0 Å². The number of ether oxygens (including phenoxy) is 1. The zero-order valence-corrected chi connectivity index (χ0v) is 11.4. The van der Waals surface area contributed by atoms with Crippen LogP contribution in [0.15, 0.2) is 29.1 Å². The summed E-state index contributed by atoms with van der Waals surface area (Å²) >= 11 is 0. The van der Waals surface area contributed by atoms with Crippen LogP contribution in [0.25, 0.3) is 10.9 Å². The van der Waals surface area contributed by atoms with Crippen molar-refractivity contribution >= 4 is 10.9 Å². The molecule has 0 aliphatic heterocycles. The average Bonchev–Trinajstić information content (AvgIpc) is 2.41. The maximum absolute atomic E-state index is 12.4. The summed E-state index contributed by atoms with van der Waals surface area (Å²) in [6.07, 6.45) is 0.921. The first-order valence-electron chi connectivity index (χ1n) is 6.27. The van der Waals surface area contributed by atoms with Gasteiger partial charge in [-0.15, -0.1) is 0 Å². The number of hydrogen-bond acceptors (Lipinski definition) is 2. The van der Waals surface area contributed by atoms with Crippen LogP contribution < -0.4 is 10.3 Å². The van der Waals surface area contributed by atoms with Crippen LogP contribution in [0.1, 0.15) is 31.7 Å². The molecule has 18 heavy (non-hydrogen) atoms. The van der Waals surface area contributed by atoms with Gasteiger partial charge in [-0.2, -0.15) is 0 Å². The fourth-order valence-electron chi connectivity index (χ4n) is 2.35. The predicted molar refractivity (Wildman–Crippen MR) is 74.4 cm³/mol. The number of aromatic nitrogens is 1. The molecule has 1 unspecified atom stereocenters. The van der Waals surface area contributed by atoms with Crippen molar-refractivity contribution in [3.05, 3.63) is 40.2 Å². The lowest BCUT2D eigenvalue weighted by Crippen LogP contribution is -2.24. The largest absolute Gasteiger partial charge is 0.496 e. The molecule has 96 valence electrons. The highest BCUT2D eigenvalue weighted by Gasteiger charge is 2.19.